The molecule has 2 rings (SSSR count). The molecule has 0 spiro atoms. The number of halogens is 1. The summed E-state index contributed by atoms with van der Waals surface area (Å²) in [4.78, 5) is 14.0. The van der Waals surface area contributed by atoms with Crippen LogP contribution in [0.25, 0.3) is 0 Å². The molecule has 2 aromatic rings. The number of anilines is 1. The van der Waals surface area contributed by atoms with E-state index in [2.05, 4.69) is 38.3 Å². The minimum atomic E-state index is -0.0426. The van der Waals surface area contributed by atoms with Crippen LogP contribution >= 0.6 is 15.9 Å². The summed E-state index contributed by atoms with van der Waals surface area (Å²) in [6, 6.07) is 17.5. The summed E-state index contributed by atoms with van der Waals surface area (Å²) < 4.78 is 0.970. The van der Waals surface area contributed by atoms with E-state index in [1.807, 2.05) is 37.4 Å². The van der Waals surface area contributed by atoms with Crippen molar-refractivity contribution in [1.82, 2.24) is 5.32 Å². The van der Waals surface area contributed by atoms with Crippen molar-refractivity contribution in [3.63, 3.8) is 0 Å². The van der Waals surface area contributed by atoms with Gasteiger partial charge >= 0.3 is 0 Å². The summed E-state index contributed by atoms with van der Waals surface area (Å²) in [7, 11) is 2.01. The lowest BCUT2D eigenvalue weighted by Gasteiger charge is -2.19. The Morgan fingerprint density at radius 1 is 1.10 bits per heavy atom. The van der Waals surface area contributed by atoms with Crippen LogP contribution in [0.5, 0.6) is 0 Å². The van der Waals surface area contributed by atoms with Crippen molar-refractivity contribution in [1.29, 1.82) is 0 Å². The number of carbonyl (C=O) groups excluding carboxylic acids is 1. The standard InChI is InChI=1S/C16H17BrN2O/c1-19(15-5-3-2-4-6-15)12-11-18-16(20)13-7-9-14(17)10-8-13/h2-10H,11-12H2,1H3,(H,18,20). The highest BCUT2D eigenvalue weighted by Crippen LogP contribution is 2.11. The fourth-order valence-electron chi connectivity index (χ4n) is 1.85. The van der Waals surface area contributed by atoms with E-state index in [0.717, 1.165) is 16.7 Å². The normalized spacial score (nSPS) is 10.1. The molecule has 3 nitrogen and oxygen atoms in total. The number of nitrogens with one attached hydrogen (secondary N) is 1. The van der Waals surface area contributed by atoms with Gasteiger partial charge in [0, 0.05) is 35.9 Å². The number of likely N-dealkylation sites (N-methyl/N-ethyl adjacent to an activating group) is 1. The second-order valence-corrected chi connectivity index (χ2v) is 5.44. The van der Waals surface area contributed by atoms with Crippen LogP contribution in [0.3, 0.4) is 0 Å². The van der Waals surface area contributed by atoms with Crippen LogP contribution in [0.2, 0.25) is 0 Å². The molecule has 0 unspecified atom stereocenters. The number of rotatable bonds is 5. The molecule has 0 aliphatic rings. The molecule has 0 bridgehead atoms. The average molecular weight is 333 g/mol. The smallest absolute Gasteiger partial charge is 0.251 e. The molecule has 0 aliphatic carbocycles. The van der Waals surface area contributed by atoms with Crippen LogP contribution in [-0.2, 0) is 0 Å². The lowest BCUT2D eigenvalue weighted by atomic mass is 10.2. The van der Waals surface area contributed by atoms with Gasteiger partial charge in [-0.15, -0.1) is 0 Å². The van der Waals surface area contributed by atoms with E-state index < -0.39 is 0 Å². The topological polar surface area (TPSA) is 32.3 Å². The third kappa shape index (κ3) is 4.10. The first-order valence-electron chi connectivity index (χ1n) is 6.47. The quantitative estimate of drug-likeness (QED) is 0.910. The zero-order valence-electron chi connectivity index (χ0n) is 11.3. The number of amides is 1. The Balaban J connectivity index is 1.81. The summed E-state index contributed by atoms with van der Waals surface area (Å²) >= 11 is 3.35. The fourth-order valence-corrected chi connectivity index (χ4v) is 2.12. The number of nitrogens with zero attached hydrogens (tertiary/aromatic N) is 1. The van der Waals surface area contributed by atoms with E-state index in [0.29, 0.717) is 12.1 Å². The summed E-state index contributed by atoms with van der Waals surface area (Å²) in [5.74, 6) is -0.0426. The van der Waals surface area contributed by atoms with Gasteiger partial charge < -0.3 is 10.2 Å². The molecule has 0 atom stereocenters. The van der Waals surface area contributed by atoms with Crippen molar-refractivity contribution < 1.29 is 4.79 Å². The average Bonchev–Trinajstić information content (AvgIpc) is 2.48. The SMILES string of the molecule is CN(CCNC(=O)c1ccc(Br)cc1)c1ccccc1. The molecule has 0 heterocycles. The van der Waals surface area contributed by atoms with E-state index in [9.17, 15) is 4.79 Å². The Hall–Kier alpha value is -1.81. The van der Waals surface area contributed by atoms with Crippen LogP contribution < -0.4 is 10.2 Å². The van der Waals surface area contributed by atoms with Crippen molar-refractivity contribution in [3.8, 4) is 0 Å². The molecule has 20 heavy (non-hydrogen) atoms. The highest BCUT2D eigenvalue weighted by molar-refractivity contribution is 9.10. The minimum Gasteiger partial charge on any atom is -0.373 e. The van der Waals surface area contributed by atoms with Crippen LogP contribution in [0, 0.1) is 0 Å². The van der Waals surface area contributed by atoms with Gasteiger partial charge in [-0.1, -0.05) is 34.1 Å². The maximum Gasteiger partial charge on any atom is 0.251 e. The van der Waals surface area contributed by atoms with Gasteiger partial charge in [-0.3, -0.25) is 4.79 Å². The van der Waals surface area contributed by atoms with Crippen molar-refractivity contribution in [2.24, 2.45) is 0 Å². The Bertz CT molecular complexity index is 554. The first kappa shape index (κ1) is 14.6. The number of para-hydroxylation sites is 1. The first-order valence-corrected chi connectivity index (χ1v) is 7.26. The van der Waals surface area contributed by atoms with Gasteiger partial charge in [-0.05, 0) is 36.4 Å². The third-order valence-electron chi connectivity index (χ3n) is 3.04. The van der Waals surface area contributed by atoms with Gasteiger partial charge in [0.1, 0.15) is 0 Å². The number of hydrogen-bond acceptors (Lipinski definition) is 2. The Kier molecular flexibility index (Phi) is 5.18. The molecule has 0 fully saturated rings. The van der Waals surface area contributed by atoms with E-state index in [1.165, 1.54) is 0 Å². The van der Waals surface area contributed by atoms with Crippen LogP contribution in [0.1, 0.15) is 10.4 Å². The maximum atomic E-state index is 11.9. The van der Waals surface area contributed by atoms with Crippen molar-refractivity contribution in [3.05, 3.63) is 64.6 Å². The predicted molar refractivity (Wildman–Crippen MR) is 86.2 cm³/mol. The minimum absolute atomic E-state index is 0.0426. The van der Waals surface area contributed by atoms with Crippen LogP contribution in [0.15, 0.2) is 59.1 Å². The zero-order chi connectivity index (χ0) is 14.4. The lowest BCUT2D eigenvalue weighted by Crippen LogP contribution is -2.32. The summed E-state index contributed by atoms with van der Waals surface area (Å²) in [5.41, 5.74) is 1.82. The number of hydrogen-bond donors (Lipinski definition) is 1. The highest BCUT2D eigenvalue weighted by atomic mass is 79.9. The monoisotopic (exact) mass is 332 g/mol. The Morgan fingerprint density at radius 2 is 1.75 bits per heavy atom. The molecule has 0 aromatic heterocycles. The van der Waals surface area contributed by atoms with Crippen molar-refractivity contribution >= 4 is 27.5 Å². The van der Waals surface area contributed by atoms with Gasteiger partial charge in [0.25, 0.3) is 5.91 Å². The largest absolute Gasteiger partial charge is 0.373 e. The van der Waals surface area contributed by atoms with E-state index >= 15 is 0 Å². The molecule has 1 N–H and O–H groups in total. The van der Waals surface area contributed by atoms with E-state index in [4.69, 9.17) is 0 Å². The molecule has 0 saturated heterocycles. The second-order valence-electron chi connectivity index (χ2n) is 4.52. The van der Waals surface area contributed by atoms with Crippen molar-refractivity contribution in [2.45, 2.75) is 0 Å². The van der Waals surface area contributed by atoms with Gasteiger partial charge in [-0.25, -0.2) is 0 Å². The van der Waals surface area contributed by atoms with Crippen LogP contribution in [-0.4, -0.2) is 26.0 Å². The molecule has 104 valence electrons. The third-order valence-corrected chi connectivity index (χ3v) is 3.56. The molecule has 0 radical (unpaired) electrons. The fraction of sp³-hybridized carbons (Fsp3) is 0.188. The molecule has 0 aliphatic heterocycles. The van der Waals surface area contributed by atoms with E-state index in [-0.39, 0.29) is 5.91 Å². The highest BCUT2D eigenvalue weighted by Gasteiger charge is 2.05. The molecular weight excluding hydrogens is 316 g/mol. The maximum absolute atomic E-state index is 11.9. The Labute approximate surface area is 127 Å². The first-order chi connectivity index (χ1) is 9.66. The van der Waals surface area contributed by atoms with Gasteiger partial charge in [0.05, 0.1) is 0 Å². The van der Waals surface area contributed by atoms with Gasteiger partial charge in [0.15, 0.2) is 0 Å². The second kappa shape index (κ2) is 7.10. The Morgan fingerprint density at radius 3 is 2.40 bits per heavy atom. The predicted octanol–water partition coefficient (Wildman–Crippen LogP) is 3.32. The molecular formula is C16H17BrN2O. The summed E-state index contributed by atoms with van der Waals surface area (Å²) in [5, 5.41) is 2.92. The molecule has 1 amide bonds. The van der Waals surface area contributed by atoms with Gasteiger partial charge in [-0.2, -0.15) is 0 Å². The summed E-state index contributed by atoms with van der Waals surface area (Å²) in [6.07, 6.45) is 0. The number of benzene rings is 2. The molecule has 2 aromatic carbocycles. The van der Waals surface area contributed by atoms with Crippen LogP contribution in [0.4, 0.5) is 5.69 Å². The lowest BCUT2D eigenvalue weighted by molar-refractivity contribution is 0.0954. The molecule has 0 saturated carbocycles. The zero-order valence-corrected chi connectivity index (χ0v) is 12.9. The van der Waals surface area contributed by atoms with Gasteiger partial charge in [0.2, 0.25) is 0 Å². The molecule has 4 heteroatoms. The summed E-state index contributed by atoms with van der Waals surface area (Å²) in [6.45, 7) is 1.38. The van der Waals surface area contributed by atoms with Crippen molar-refractivity contribution in [2.75, 3.05) is 25.0 Å². The number of carbonyl (C=O) groups is 1. The van der Waals surface area contributed by atoms with E-state index in [1.54, 1.807) is 12.1 Å².